The van der Waals surface area contributed by atoms with Crippen molar-refractivity contribution in [2.75, 3.05) is 5.33 Å². The maximum absolute atomic E-state index is 4.03. The van der Waals surface area contributed by atoms with Crippen molar-refractivity contribution < 1.29 is 0 Å². The highest BCUT2D eigenvalue weighted by Gasteiger charge is 2.22. The molecule has 2 aromatic rings. The molecule has 0 radical (unpaired) electrons. The highest BCUT2D eigenvalue weighted by atomic mass is 79.9. The molecule has 1 aliphatic rings. The fourth-order valence-electron chi connectivity index (χ4n) is 3.74. The number of benzene rings is 2. The van der Waals surface area contributed by atoms with Gasteiger partial charge in [-0.3, -0.25) is 0 Å². The van der Waals surface area contributed by atoms with Gasteiger partial charge in [-0.25, -0.2) is 0 Å². The van der Waals surface area contributed by atoms with E-state index in [4.69, 9.17) is 0 Å². The molecule has 1 heteroatoms. The van der Waals surface area contributed by atoms with Gasteiger partial charge in [-0.1, -0.05) is 84.4 Å². The van der Waals surface area contributed by atoms with Crippen molar-refractivity contribution in [3.05, 3.63) is 71.3 Å². The van der Waals surface area contributed by atoms with Crippen LogP contribution in [-0.2, 0) is 12.8 Å². The lowest BCUT2D eigenvalue weighted by molar-refractivity contribution is 0.669. The molecular weight excluding hydrogens is 356 g/mol. The molecule has 0 aliphatic heterocycles. The normalized spacial score (nSPS) is 11.9. The second-order valence-corrected chi connectivity index (χ2v) is 7.31. The molecule has 24 heavy (non-hydrogen) atoms. The zero-order valence-corrected chi connectivity index (χ0v) is 15.9. The Balaban J connectivity index is 1.88. The Kier molecular flexibility index (Phi) is 5.73. The van der Waals surface area contributed by atoms with Gasteiger partial charge < -0.3 is 0 Å². The molecular formula is C23H25Br. The van der Waals surface area contributed by atoms with E-state index in [1.165, 1.54) is 64.6 Å². The smallest absolute Gasteiger partial charge is 0.00313 e. The van der Waals surface area contributed by atoms with Crippen LogP contribution in [0.1, 0.15) is 53.5 Å². The van der Waals surface area contributed by atoms with Gasteiger partial charge in [-0.2, -0.15) is 0 Å². The molecule has 1 aliphatic carbocycles. The quantitative estimate of drug-likeness (QED) is 0.290. The zero-order chi connectivity index (χ0) is 16.9. The van der Waals surface area contributed by atoms with Crippen LogP contribution >= 0.6 is 15.9 Å². The molecule has 0 N–H and O–H groups in total. The third-order valence-electron chi connectivity index (χ3n) is 5.02. The number of halogens is 1. The van der Waals surface area contributed by atoms with E-state index < -0.39 is 0 Å². The summed E-state index contributed by atoms with van der Waals surface area (Å²) in [6, 6.07) is 11.2. The Morgan fingerprint density at radius 2 is 1.71 bits per heavy atom. The fourth-order valence-corrected chi connectivity index (χ4v) is 4.14. The summed E-state index contributed by atoms with van der Waals surface area (Å²) in [6.07, 6.45) is 11.3. The second-order valence-electron chi connectivity index (χ2n) is 6.51. The van der Waals surface area contributed by atoms with Gasteiger partial charge in [-0.05, 0) is 64.6 Å². The van der Waals surface area contributed by atoms with E-state index in [2.05, 4.69) is 59.4 Å². The highest BCUT2D eigenvalue weighted by Crippen LogP contribution is 2.40. The summed E-state index contributed by atoms with van der Waals surface area (Å²) >= 11 is 3.52. The molecule has 0 unspecified atom stereocenters. The summed E-state index contributed by atoms with van der Waals surface area (Å²) in [7, 11) is 0. The number of hydrogen-bond donors (Lipinski definition) is 0. The molecule has 124 valence electrons. The van der Waals surface area contributed by atoms with Crippen molar-refractivity contribution in [3.8, 4) is 11.1 Å². The number of hydrogen-bond acceptors (Lipinski definition) is 0. The summed E-state index contributed by atoms with van der Waals surface area (Å²) < 4.78 is 0. The van der Waals surface area contributed by atoms with E-state index in [1.807, 2.05) is 12.2 Å². The maximum Gasteiger partial charge on any atom is 0.00313 e. The first kappa shape index (κ1) is 17.2. The van der Waals surface area contributed by atoms with E-state index in [0.717, 1.165) is 18.2 Å². The second kappa shape index (κ2) is 7.98. The van der Waals surface area contributed by atoms with Crippen molar-refractivity contribution in [2.45, 2.75) is 38.5 Å². The Morgan fingerprint density at radius 1 is 0.917 bits per heavy atom. The first-order valence-corrected chi connectivity index (χ1v) is 9.99. The van der Waals surface area contributed by atoms with Crippen LogP contribution in [0, 0.1) is 0 Å². The van der Waals surface area contributed by atoms with E-state index in [-0.39, 0.29) is 0 Å². The third-order valence-corrected chi connectivity index (χ3v) is 5.58. The predicted molar refractivity (Wildman–Crippen MR) is 111 cm³/mol. The highest BCUT2D eigenvalue weighted by molar-refractivity contribution is 9.09. The molecule has 3 rings (SSSR count). The van der Waals surface area contributed by atoms with Crippen LogP contribution < -0.4 is 0 Å². The summed E-state index contributed by atoms with van der Waals surface area (Å²) in [5.74, 6) is 0. The van der Waals surface area contributed by atoms with Crippen molar-refractivity contribution in [1.82, 2.24) is 0 Å². The summed E-state index contributed by atoms with van der Waals surface area (Å²) in [5.41, 5.74) is 9.80. The number of fused-ring (bicyclic) bond motifs is 3. The van der Waals surface area contributed by atoms with Crippen molar-refractivity contribution in [3.63, 3.8) is 0 Å². The topological polar surface area (TPSA) is 0 Å². The van der Waals surface area contributed by atoms with Gasteiger partial charge in [-0.15, -0.1) is 0 Å². The molecule has 2 aromatic carbocycles. The van der Waals surface area contributed by atoms with Crippen LogP contribution in [-0.4, -0.2) is 5.33 Å². The van der Waals surface area contributed by atoms with Crippen LogP contribution in [0.4, 0.5) is 0 Å². The van der Waals surface area contributed by atoms with E-state index >= 15 is 0 Å². The molecule has 0 fully saturated rings. The fraction of sp³-hybridized carbons (Fsp3) is 0.304. The SMILES string of the molecule is C=Cc1ccc2c(c1)Cc1c-2ccc(C=C)c1CCCCCCBr. The standard InChI is InChI=1S/C23H25Br/c1-3-17-10-12-21-19(15-17)16-23-20(9-7-5-6-8-14-24)18(4-2)11-13-22(21)23/h3-4,10-13,15H,1-2,5-9,14,16H2. The number of rotatable bonds is 8. The molecule has 0 saturated carbocycles. The van der Waals surface area contributed by atoms with E-state index in [1.54, 1.807) is 0 Å². The average molecular weight is 381 g/mol. The van der Waals surface area contributed by atoms with Crippen LogP contribution in [0.5, 0.6) is 0 Å². The van der Waals surface area contributed by atoms with Gasteiger partial charge in [0.05, 0.1) is 0 Å². The zero-order valence-electron chi connectivity index (χ0n) is 14.3. The first-order chi connectivity index (χ1) is 11.8. The largest absolute Gasteiger partial charge is 0.0985 e. The van der Waals surface area contributed by atoms with Crippen LogP contribution in [0.2, 0.25) is 0 Å². The summed E-state index contributed by atoms with van der Waals surface area (Å²) in [6.45, 7) is 7.93. The average Bonchev–Trinajstić information content (AvgIpc) is 2.99. The molecule has 0 bridgehead atoms. The molecule has 0 spiro atoms. The van der Waals surface area contributed by atoms with Gasteiger partial charge in [0.2, 0.25) is 0 Å². The molecule has 0 amide bonds. The maximum atomic E-state index is 4.03. The summed E-state index contributed by atoms with van der Waals surface area (Å²) in [5, 5.41) is 1.12. The lowest BCUT2D eigenvalue weighted by Crippen LogP contribution is -1.97. The molecule has 0 nitrogen and oxygen atoms in total. The van der Waals surface area contributed by atoms with Crippen LogP contribution in [0.3, 0.4) is 0 Å². The molecule has 0 atom stereocenters. The van der Waals surface area contributed by atoms with Gasteiger partial charge >= 0.3 is 0 Å². The predicted octanol–water partition coefficient (Wildman–Crippen LogP) is 7.04. The van der Waals surface area contributed by atoms with Crippen LogP contribution in [0.15, 0.2) is 43.5 Å². The van der Waals surface area contributed by atoms with Gasteiger partial charge in [0.1, 0.15) is 0 Å². The van der Waals surface area contributed by atoms with Gasteiger partial charge in [0, 0.05) is 5.33 Å². The Hall–Kier alpha value is -1.60. The third kappa shape index (κ3) is 3.42. The minimum Gasteiger partial charge on any atom is -0.0985 e. The van der Waals surface area contributed by atoms with E-state index in [0.29, 0.717) is 0 Å². The first-order valence-electron chi connectivity index (χ1n) is 8.87. The molecule has 0 heterocycles. The van der Waals surface area contributed by atoms with Crippen molar-refractivity contribution in [1.29, 1.82) is 0 Å². The Morgan fingerprint density at radius 3 is 2.46 bits per heavy atom. The minimum atomic E-state index is 1.05. The number of alkyl halides is 1. The Labute approximate surface area is 154 Å². The van der Waals surface area contributed by atoms with E-state index in [9.17, 15) is 0 Å². The number of unbranched alkanes of at least 4 members (excludes halogenated alkanes) is 3. The minimum absolute atomic E-state index is 1.05. The lowest BCUT2D eigenvalue weighted by Gasteiger charge is -2.13. The summed E-state index contributed by atoms with van der Waals surface area (Å²) in [4.78, 5) is 0. The monoisotopic (exact) mass is 380 g/mol. The molecule has 0 saturated heterocycles. The lowest BCUT2D eigenvalue weighted by atomic mass is 9.92. The van der Waals surface area contributed by atoms with Crippen LogP contribution in [0.25, 0.3) is 23.3 Å². The van der Waals surface area contributed by atoms with Crippen molar-refractivity contribution >= 4 is 28.1 Å². The van der Waals surface area contributed by atoms with Gasteiger partial charge in [0.25, 0.3) is 0 Å². The van der Waals surface area contributed by atoms with Crippen molar-refractivity contribution in [2.24, 2.45) is 0 Å². The Bertz CT molecular complexity index is 755. The van der Waals surface area contributed by atoms with Gasteiger partial charge in [0.15, 0.2) is 0 Å². The molecule has 0 aromatic heterocycles.